The fourth-order valence-corrected chi connectivity index (χ4v) is 5.46. The number of amides is 2. The van der Waals surface area contributed by atoms with E-state index in [1.165, 1.54) is 28.9 Å². The van der Waals surface area contributed by atoms with Crippen LogP contribution in [0.25, 0.3) is 11.3 Å². The number of rotatable bonds is 11. The van der Waals surface area contributed by atoms with Crippen molar-refractivity contribution in [1.29, 1.82) is 0 Å². The molecule has 13 nitrogen and oxygen atoms in total. The molecule has 0 atom stereocenters. The number of hydrogen-bond acceptors (Lipinski definition) is 8. The Balaban J connectivity index is 1.34. The van der Waals surface area contributed by atoms with Gasteiger partial charge in [-0.1, -0.05) is 29.8 Å². The first kappa shape index (κ1) is 28.9. The maximum atomic E-state index is 13.2. The largest absolute Gasteiger partial charge is 0.353 e. The maximum absolute atomic E-state index is 13.2. The number of nitrogens with one attached hydrogen (secondary N) is 4. The summed E-state index contributed by atoms with van der Waals surface area (Å²) in [6.45, 7) is 2.77. The Morgan fingerprint density at radius 3 is 2.52 bits per heavy atom. The lowest BCUT2D eigenvalue weighted by Gasteiger charge is -2.37. The molecule has 1 aliphatic rings. The number of sulfonamides is 1. The highest BCUT2D eigenvalue weighted by molar-refractivity contribution is 7.89. The smallest absolute Gasteiger partial charge is 0.270 e. The summed E-state index contributed by atoms with van der Waals surface area (Å²) in [7, 11) is -3.72. The minimum absolute atomic E-state index is 0.0159. The molecule has 4 rings (SSSR count). The van der Waals surface area contributed by atoms with Crippen LogP contribution in [0.15, 0.2) is 65.7 Å². The Hall–Kier alpha value is -4.14. The molecule has 0 aliphatic carbocycles. The Labute approximate surface area is 231 Å². The van der Waals surface area contributed by atoms with E-state index in [1.807, 2.05) is 6.92 Å². The first-order chi connectivity index (χ1) is 19.1. The zero-order valence-corrected chi connectivity index (χ0v) is 22.7. The van der Waals surface area contributed by atoms with Gasteiger partial charge in [-0.3, -0.25) is 24.4 Å². The summed E-state index contributed by atoms with van der Waals surface area (Å²) in [6, 6.07) is 14.1. The van der Waals surface area contributed by atoms with Gasteiger partial charge in [0.2, 0.25) is 21.8 Å². The molecule has 0 spiro atoms. The standard InChI is InChI=1S/C26H31N7O6S/c1-19-5-7-22(8-6-19)40(38,39)29-15-14-28-25(35)26(10-12-27-13-11-26)30-24(34)18-32-16-9-23(31-32)20-3-2-4-21(17-20)33(36)37/h2-9,16-17,27,29H,10-15,18H2,1H3,(H,28,35)(H,30,34). The number of aryl methyl sites for hydroxylation is 1. The number of benzene rings is 2. The van der Waals surface area contributed by atoms with Crippen LogP contribution >= 0.6 is 0 Å². The number of nitro benzene ring substituents is 1. The fraction of sp³-hybridized carbons (Fsp3) is 0.346. The monoisotopic (exact) mass is 569 g/mol. The van der Waals surface area contributed by atoms with Gasteiger partial charge in [-0.25, -0.2) is 13.1 Å². The van der Waals surface area contributed by atoms with Gasteiger partial charge in [0.05, 0.1) is 15.5 Å². The van der Waals surface area contributed by atoms with Crippen LogP contribution in [-0.2, 0) is 26.2 Å². The molecule has 1 saturated heterocycles. The number of carbonyl (C=O) groups is 2. The second-order valence-electron chi connectivity index (χ2n) is 9.55. The van der Waals surface area contributed by atoms with Crippen molar-refractivity contribution in [3.05, 3.63) is 76.5 Å². The van der Waals surface area contributed by atoms with Crippen LogP contribution in [0.4, 0.5) is 5.69 Å². The molecule has 0 saturated carbocycles. The average molecular weight is 570 g/mol. The van der Waals surface area contributed by atoms with E-state index in [9.17, 15) is 28.1 Å². The molecular formula is C26H31N7O6S. The third-order valence-electron chi connectivity index (χ3n) is 6.60. The van der Waals surface area contributed by atoms with Crippen LogP contribution in [-0.4, -0.2) is 66.7 Å². The van der Waals surface area contributed by atoms with Crippen molar-refractivity contribution in [3.8, 4) is 11.3 Å². The van der Waals surface area contributed by atoms with Crippen molar-refractivity contribution in [3.63, 3.8) is 0 Å². The summed E-state index contributed by atoms with van der Waals surface area (Å²) in [5.74, 6) is -0.819. The Bertz CT molecular complexity index is 1480. The van der Waals surface area contributed by atoms with Crippen LogP contribution < -0.4 is 20.7 Å². The molecule has 0 unspecified atom stereocenters. The van der Waals surface area contributed by atoms with Crippen molar-refractivity contribution in [1.82, 2.24) is 30.5 Å². The minimum atomic E-state index is -3.72. The van der Waals surface area contributed by atoms with Crippen molar-refractivity contribution in [2.75, 3.05) is 26.2 Å². The number of hydrogen-bond donors (Lipinski definition) is 4. The summed E-state index contributed by atoms with van der Waals surface area (Å²) < 4.78 is 28.8. The van der Waals surface area contributed by atoms with Gasteiger partial charge < -0.3 is 16.0 Å². The van der Waals surface area contributed by atoms with Gasteiger partial charge in [0.25, 0.3) is 5.69 Å². The molecule has 212 valence electrons. The Kier molecular flexibility index (Phi) is 8.92. The molecule has 0 radical (unpaired) electrons. The molecular weight excluding hydrogens is 538 g/mol. The number of non-ortho nitro benzene ring substituents is 1. The van der Waals surface area contributed by atoms with Gasteiger partial charge in [0.15, 0.2) is 0 Å². The van der Waals surface area contributed by atoms with Gasteiger partial charge in [-0.2, -0.15) is 5.10 Å². The molecule has 2 amide bonds. The SMILES string of the molecule is Cc1ccc(S(=O)(=O)NCCNC(=O)C2(NC(=O)Cn3ccc(-c4cccc([N+](=O)[O-])c4)n3)CCNCC2)cc1. The van der Waals surface area contributed by atoms with E-state index in [0.717, 1.165) is 5.56 Å². The normalized spacial score (nSPS) is 14.8. The van der Waals surface area contributed by atoms with E-state index in [1.54, 1.807) is 36.5 Å². The molecule has 1 fully saturated rings. The van der Waals surface area contributed by atoms with Crippen LogP contribution in [0.3, 0.4) is 0 Å². The highest BCUT2D eigenvalue weighted by Crippen LogP contribution is 2.23. The predicted molar refractivity (Wildman–Crippen MR) is 147 cm³/mol. The Morgan fingerprint density at radius 2 is 1.82 bits per heavy atom. The van der Waals surface area contributed by atoms with E-state index in [4.69, 9.17) is 0 Å². The molecule has 4 N–H and O–H groups in total. The van der Waals surface area contributed by atoms with Gasteiger partial charge in [-0.15, -0.1) is 0 Å². The maximum Gasteiger partial charge on any atom is 0.270 e. The van der Waals surface area contributed by atoms with Crippen LogP contribution in [0.2, 0.25) is 0 Å². The van der Waals surface area contributed by atoms with Gasteiger partial charge in [0, 0.05) is 37.0 Å². The van der Waals surface area contributed by atoms with Crippen LogP contribution in [0, 0.1) is 17.0 Å². The molecule has 40 heavy (non-hydrogen) atoms. The van der Waals surface area contributed by atoms with Crippen LogP contribution in [0.5, 0.6) is 0 Å². The summed E-state index contributed by atoms with van der Waals surface area (Å²) in [5.41, 5.74) is 0.732. The molecule has 2 aromatic carbocycles. The second kappa shape index (κ2) is 12.4. The lowest BCUT2D eigenvalue weighted by Crippen LogP contribution is -2.63. The number of nitro groups is 1. The third-order valence-corrected chi connectivity index (χ3v) is 8.08. The van der Waals surface area contributed by atoms with Crippen molar-refractivity contribution < 1.29 is 22.9 Å². The molecule has 2 heterocycles. The summed E-state index contributed by atoms with van der Waals surface area (Å²) in [6.07, 6.45) is 2.30. The average Bonchev–Trinajstić information content (AvgIpc) is 3.40. The number of carbonyl (C=O) groups excluding carboxylic acids is 2. The third kappa shape index (κ3) is 7.08. The molecule has 3 aromatic rings. The summed E-state index contributed by atoms with van der Waals surface area (Å²) in [4.78, 5) is 36.9. The lowest BCUT2D eigenvalue weighted by atomic mass is 9.87. The fourth-order valence-electron chi connectivity index (χ4n) is 4.43. The topological polar surface area (TPSA) is 177 Å². The summed E-state index contributed by atoms with van der Waals surface area (Å²) >= 11 is 0. The van der Waals surface area contributed by atoms with Crippen molar-refractivity contribution in [2.24, 2.45) is 0 Å². The second-order valence-corrected chi connectivity index (χ2v) is 11.3. The molecule has 0 bridgehead atoms. The van der Waals surface area contributed by atoms with Gasteiger partial charge >= 0.3 is 0 Å². The summed E-state index contributed by atoms with van der Waals surface area (Å²) in [5, 5.41) is 24.2. The number of aromatic nitrogens is 2. The van der Waals surface area contributed by atoms with Gasteiger partial charge in [-0.05, 0) is 51.1 Å². The highest BCUT2D eigenvalue weighted by Gasteiger charge is 2.40. The van der Waals surface area contributed by atoms with E-state index < -0.39 is 32.3 Å². The quantitative estimate of drug-likeness (QED) is 0.151. The van der Waals surface area contributed by atoms with Crippen molar-refractivity contribution in [2.45, 2.75) is 36.7 Å². The van der Waals surface area contributed by atoms with E-state index in [2.05, 4.69) is 25.8 Å². The molecule has 1 aromatic heterocycles. The van der Waals surface area contributed by atoms with E-state index >= 15 is 0 Å². The van der Waals surface area contributed by atoms with Gasteiger partial charge in [0.1, 0.15) is 12.1 Å². The van der Waals surface area contributed by atoms with E-state index in [0.29, 0.717) is 37.2 Å². The zero-order chi connectivity index (χ0) is 28.8. The zero-order valence-electron chi connectivity index (χ0n) is 21.9. The number of piperidine rings is 1. The van der Waals surface area contributed by atoms with Crippen LogP contribution in [0.1, 0.15) is 18.4 Å². The minimum Gasteiger partial charge on any atom is -0.353 e. The predicted octanol–water partition coefficient (Wildman–Crippen LogP) is 1.10. The Morgan fingerprint density at radius 1 is 1.10 bits per heavy atom. The van der Waals surface area contributed by atoms with Crippen molar-refractivity contribution >= 4 is 27.5 Å². The first-order valence-electron chi connectivity index (χ1n) is 12.7. The molecule has 14 heteroatoms. The number of nitrogens with zero attached hydrogens (tertiary/aromatic N) is 3. The van der Waals surface area contributed by atoms with E-state index in [-0.39, 0.29) is 30.2 Å². The first-order valence-corrected chi connectivity index (χ1v) is 14.2. The lowest BCUT2D eigenvalue weighted by molar-refractivity contribution is -0.384. The highest BCUT2D eigenvalue weighted by atomic mass is 32.2. The molecule has 1 aliphatic heterocycles.